The molecule has 0 bridgehead atoms. The maximum Gasteiger partial charge on any atom is 0.342 e. The molecule has 0 unspecified atom stereocenters. The first kappa shape index (κ1) is 15.8. The summed E-state index contributed by atoms with van der Waals surface area (Å²) in [5, 5.41) is 0. The Balaban J connectivity index is 2.41. The van der Waals surface area contributed by atoms with E-state index >= 15 is 0 Å². The number of ether oxygens (including phenoxy) is 1. The van der Waals surface area contributed by atoms with Crippen LogP contribution in [0.1, 0.15) is 6.92 Å². The highest BCUT2D eigenvalue weighted by Gasteiger charge is 2.22. The van der Waals surface area contributed by atoms with Gasteiger partial charge in [-0.1, -0.05) is 22.0 Å². The van der Waals surface area contributed by atoms with E-state index < -0.39 is 15.9 Å². The zero-order valence-corrected chi connectivity index (χ0v) is 13.4. The first-order valence-corrected chi connectivity index (χ1v) is 8.25. The fourth-order valence-corrected chi connectivity index (χ4v) is 3.25. The number of hydrogen-bond acceptors (Lipinski definition) is 4. The molecule has 0 saturated heterocycles. The number of rotatable bonds is 5. The van der Waals surface area contributed by atoms with E-state index in [4.69, 9.17) is 8.92 Å². The van der Waals surface area contributed by atoms with Gasteiger partial charge in [0.2, 0.25) is 0 Å². The van der Waals surface area contributed by atoms with Crippen LogP contribution < -0.4 is 8.92 Å². The van der Waals surface area contributed by atoms with E-state index in [1.54, 1.807) is 13.0 Å². The molecule has 0 radical (unpaired) electrons. The summed E-state index contributed by atoms with van der Waals surface area (Å²) < 4.78 is 48.5. The summed E-state index contributed by atoms with van der Waals surface area (Å²) >= 11 is 3.20. The Bertz CT molecular complexity index is 746. The van der Waals surface area contributed by atoms with Gasteiger partial charge in [-0.2, -0.15) is 8.42 Å². The molecular formula is C14H12BrFO4S. The van der Waals surface area contributed by atoms with Crippen LogP contribution in [0.4, 0.5) is 4.39 Å². The van der Waals surface area contributed by atoms with Crippen molar-refractivity contribution in [2.75, 3.05) is 6.61 Å². The zero-order chi connectivity index (χ0) is 15.5. The van der Waals surface area contributed by atoms with Crippen LogP contribution in [0.3, 0.4) is 0 Å². The summed E-state index contributed by atoms with van der Waals surface area (Å²) in [6.45, 7) is 2.05. The van der Waals surface area contributed by atoms with Crippen LogP contribution in [-0.2, 0) is 10.1 Å². The van der Waals surface area contributed by atoms with Crippen molar-refractivity contribution >= 4 is 26.0 Å². The number of benzene rings is 2. The Morgan fingerprint density at radius 1 is 1.19 bits per heavy atom. The lowest BCUT2D eigenvalue weighted by Gasteiger charge is -2.12. The smallest absolute Gasteiger partial charge is 0.342 e. The van der Waals surface area contributed by atoms with Gasteiger partial charge in [-0.15, -0.1) is 0 Å². The summed E-state index contributed by atoms with van der Waals surface area (Å²) in [7, 11) is -4.13. The van der Waals surface area contributed by atoms with E-state index in [2.05, 4.69) is 15.9 Å². The molecule has 7 heteroatoms. The fourth-order valence-electron chi connectivity index (χ4n) is 1.64. The SMILES string of the molecule is CCOc1ccc(Br)cc1S(=O)(=O)Oc1cccc(F)c1. The summed E-state index contributed by atoms with van der Waals surface area (Å²) in [5.74, 6) is -0.503. The largest absolute Gasteiger partial charge is 0.492 e. The van der Waals surface area contributed by atoms with Crippen molar-refractivity contribution in [2.45, 2.75) is 11.8 Å². The zero-order valence-electron chi connectivity index (χ0n) is 11.0. The molecule has 4 nitrogen and oxygen atoms in total. The van der Waals surface area contributed by atoms with Crippen LogP contribution in [0.5, 0.6) is 11.5 Å². The van der Waals surface area contributed by atoms with E-state index in [9.17, 15) is 12.8 Å². The van der Waals surface area contributed by atoms with Gasteiger partial charge in [0.15, 0.2) is 0 Å². The van der Waals surface area contributed by atoms with Crippen LogP contribution >= 0.6 is 15.9 Å². The molecule has 2 aromatic carbocycles. The van der Waals surface area contributed by atoms with Crippen LogP contribution in [0.2, 0.25) is 0 Å². The van der Waals surface area contributed by atoms with Crippen molar-refractivity contribution in [1.29, 1.82) is 0 Å². The van der Waals surface area contributed by atoms with Gasteiger partial charge in [-0.25, -0.2) is 4.39 Å². The molecule has 21 heavy (non-hydrogen) atoms. The maximum absolute atomic E-state index is 13.1. The predicted octanol–water partition coefficient (Wildman–Crippen LogP) is 3.75. The number of hydrogen-bond donors (Lipinski definition) is 0. The Labute approximate surface area is 130 Å². The predicted molar refractivity (Wildman–Crippen MR) is 79.5 cm³/mol. The monoisotopic (exact) mass is 374 g/mol. The molecule has 0 aromatic heterocycles. The van der Waals surface area contributed by atoms with Crippen molar-refractivity contribution in [3.8, 4) is 11.5 Å². The maximum atomic E-state index is 13.1. The summed E-state index contributed by atoms with van der Waals surface area (Å²) in [5.41, 5.74) is 0. The van der Waals surface area contributed by atoms with Crippen molar-refractivity contribution in [2.24, 2.45) is 0 Å². The van der Waals surface area contributed by atoms with Crippen LogP contribution in [0.15, 0.2) is 51.8 Å². The average Bonchev–Trinajstić information content (AvgIpc) is 2.40. The van der Waals surface area contributed by atoms with E-state index in [0.717, 1.165) is 6.07 Å². The first-order valence-electron chi connectivity index (χ1n) is 6.05. The highest BCUT2D eigenvalue weighted by atomic mass is 79.9. The van der Waals surface area contributed by atoms with Crippen molar-refractivity contribution < 1.29 is 21.7 Å². The topological polar surface area (TPSA) is 52.6 Å². The molecule has 112 valence electrons. The molecule has 0 saturated carbocycles. The average molecular weight is 375 g/mol. The Morgan fingerprint density at radius 3 is 2.62 bits per heavy atom. The third-order valence-electron chi connectivity index (χ3n) is 2.48. The van der Waals surface area contributed by atoms with Gasteiger partial charge in [-0.05, 0) is 37.3 Å². The second-order valence-electron chi connectivity index (χ2n) is 4.02. The second-order valence-corrected chi connectivity index (χ2v) is 6.45. The molecule has 0 aliphatic rings. The molecule has 0 heterocycles. The molecule has 0 aliphatic carbocycles. The lowest BCUT2D eigenvalue weighted by Crippen LogP contribution is -2.12. The van der Waals surface area contributed by atoms with Gasteiger partial charge in [-0.3, -0.25) is 0 Å². The minimum Gasteiger partial charge on any atom is -0.492 e. The van der Waals surface area contributed by atoms with Gasteiger partial charge in [0.1, 0.15) is 22.2 Å². The quantitative estimate of drug-likeness (QED) is 0.747. The molecule has 0 atom stereocenters. The summed E-state index contributed by atoms with van der Waals surface area (Å²) in [6.07, 6.45) is 0. The van der Waals surface area contributed by atoms with Gasteiger partial charge in [0.05, 0.1) is 6.61 Å². The van der Waals surface area contributed by atoms with E-state index in [1.165, 1.54) is 30.3 Å². The van der Waals surface area contributed by atoms with Gasteiger partial charge in [0.25, 0.3) is 0 Å². The first-order chi connectivity index (χ1) is 9.92. The normalized spacial score (nSPS) is 11.2. The molecule has 0 aliphatic heterocycles. The summed E-state index contributed by atoms with van der Waals surface area (Å²) in [6, 6.07) is 9.48. The van der Waals surface area contributed by atoms with Crippen molar-refractivity contribution in [3.63, 3.8) is 0 Å². The Morgan fingerprint density at radius 2 is 1.95 bits per heavy atom. The summed E-state index contributed by atoms with van der Waals surface area (Å²) in [4.78, 5) is -0.122. The van der Waals surface area contributed by atoms with Crippen LogP contribution in [-0.4, -0.2) is 15.0 Å². The molecule has 2 aromatic rings. The molecule has 2 rings (SSSR count). The molecule has 0 N–H and O–H groups in total. The van der Waals surface area contributed by atoms with Crippen LogP contribution in [0.25, 0.3) is 0 Å². The fraction of sp³-hybridized carbons (Fsp3) is 0.143. The van der Waals surface area contributed by atoms with E-state index in [0.29, 0.717) is 11.1 Å². The minimum atomic E-state index is -4.13. The molecule has 0 fully saturated rings. The molecule has 0 amide bonds. The van der Waals surface area contributed by atoms with Gasteiger partial charge < -0.3 is 8.92 Å². The lowest BCUT2D eigenvalue weighted by molar-refractivity contribution is 0.329. The Kier molecular flexibility index (Phi) is 4.84. The highest BCUT2D eigenvalue weighted by molar-refractivity contribution is 9.10. The van der Waals surface area contributed by atoms with E-state index in [-0.39, 0.29) is 16.4 Å². The molecular weight excluding hydrogens is 363 g/mol. The van der Waals surface area contributed by atoms with Gasteiger partial charge >= 0.3 is 10.1 Å². The Hall–Kier alpha value is -1.60. The molecule has 0 spiro atoms. The number of halogens is 2. The van der Waals surface area contributed by atoms with Gasteiger partial charge in [0, 0.05) is 10.5 Å². The highest BCUT2D eigenvalue weighted by Crippen LogP contribution is 2.30. The van der Waals surface area contributed by atoms with Crippen LogP contribution in [0, 0.1) is 5.82 Å². The van der Waals surface area contributed by atoms with E-state index in [1.807, 2.05) is 0 Å². The standard InChI is InChI=1S/C14H12BrFO4S/c1-2-19-13-7-6-10(15)8-14(13)21(17,18)20-12-5-3-4-11(16)9-12/h3-9H,2H2,1H3. The van der Waals surface area contributed by atoms with Crippen molar-refractivity contribution in [1.82, 2.24) is 0 Å². The minimum absolute atomic E-state index is 0.0996. The lowest BCUT2D eigenvalue weighted by atomic mass is 10.3. The third kappa shape index (κ3) is 3.95. The van der Waals surface area contributed by atoms with Crippen molar-refractivity contribution in [3.05, 3.63) is 52.8 Å². The second kappa shape index (κ2) is 6.44. The third-order valence-corrected chi connectivity index (χ3v) is 4.24.